The van der Waals surface area contributed by atoms with Gasteiger partial charge in [0.2, 0.25) is 0 Å². The molecule has 0 fully saturated rings. The number of hydrogen-bond donors (Lipinski definition) is 0. The van der Waals surface area contributed by atoms with Crippen LogP contribution in [0.3, 0.4) is 0 Å². The van der Waals surface area contributed by atoms with Crippen LogP contribution in [0, 0.1) is 5.82 Å². The largest absolute Gasteiger partial charge is 0.493 e. The number of methoxy groups -OCH3 is 1. The van der Waals surface area contributed by atoms with E-state index in [0.717, 1.165) is 52.8 Å². The Morgan fingerprint density at radius 2 is 1.41 bits per heavy atom. The van der Waals surface area contributed by atoms with Crippen LogP contribution < -0.4 is 18.9 Å². The lowest BCUT2D eigenvalue weighted by molar-refractivity contribution is -0.140. The SMILES string of the molecule is CCc1cc(-c2ccc(F)cc2)c(OCc2ccccc2)cc1OCCCOc1cccc(OCCCCCl)c1CCC(=O)OC. The van der Waals surface area contributed by atoms with E-state index in [1.807, 2.05) is 54.6 Å². The molecule has 0 N–H and O–H groups in total. The van der Waals surface area contributed by atoms with Crippen LogP contribution in [-0.2, 0) is 29.0 Å². The van der Waals surface area contributed by atoms with E-state index < -0.39 is 0 Å². The van der Waals surface area contributed by atoms with Gasteiger partial charge in [-0.1, -0.05) is 55.5 Å². The molecule has 244 valence electrons. The van der Waals surface area contributed by atoms with Crippen LogP contribution in [0.5, 0.6) is 23.0 Å². The number of halogens is 2. The zero-order valence-electron chi connectivity index (χ0n) is 26.6. The molecule has 0 atom stereocenters. The molecule has 0 spiro atoms. The molecule has 0 aromatic heterocycles. The van der Waals surface area contributed by atoms with Gasteiger partial charge in [-0.2, -0.15) is 0 Å². The minimum atomic E-state index is -0.291. The van der Waals surface area contributed by atoms with Gasteiger partial charge in [-0.05, 0) is 72.7 Å². The summed E-state index contributed by atoms with van der Waals surface area (Å²) < 4.78 is 43.3. The molecule has 0 saturated carbocycles. The third-order valence-corrected chi connectivity index (χ3v) is 7.69. The van der Waals surface area contributed by atoms with Gasteiger partial charge in [-0.15, -0.1) is 11.6 Å². The molecule has 0 aliphatic rings. The summed E-state index contributed by atoms with van der Waals surface area (Å²) in [5.74, 6) is 2.78. The number of carbonyl (C=O) groups excluding carboxylic acids is 1. The van der Waals surface area contributed by atoms with E-state index >= 15 is 0 Å². The van der Waals surface area contributed by atoms with Gasteiger partial charge >= 0.3 is 5.97 Å². The third-order valence-electron chi connectivity index (χ3n) is 7.42. The molecule has 0 saturated heterocycles. The molecule has 0 radical (unpaired) electrons. The van der Waals surface area contributed by atoms with Gasteiger partial charge in [0.1, 0.15) is 35.4 Å². The van der Waals surface area contributed by atoms with Crippen LogP contribution in [0.15, 0.2) is 84.9 Å². The number of aryl methyl sites for hydroxylation is 1. The fraction of sp³-hybridized carbons (Fsp3) is 0.342. The predicted octanol–water partition coefficient (Wildman–Crippen LogP) is 8.99. The summed E-state index contributed by atoms with van der Waals surface area (Å²) in [7, 11) is 1.38. The Bertz CT molecular complexity index is 1510. The summed E-state index contributed by atoms with van der Waals surface area (Å²) in [6.45, 7) is 3.83. The number of benzene rings is 4. The number of hydrogen-bond acceptors (Lipinski definition) is 6. The normalized spacial score (nSPS) is 10.8. The van der Waals surface area contributed by atoms with Crippen molar-refractivity contribution in [2.45, 2.75) is 52.1 Å². The Balaban J connectivity index is 1.44. The average molecular weight is 649 g/mol. The maximum Gasteiger partial charge on any atom is 0.305 e. The number of ether oxygens (including phenoxy) is 5. The second kappa shape index (κ2) is 18.7. The van der Waals surface area contributed by atoms with Crippen molar-refractivity contribution >= 4 is 17.6 Å². The highest BCUT2D eigenvalue weighted by atomic mass is 35.5. The summed E-state index contributed by atoms with van der Waals surface area (Å²) in [5, 5.41) is 0. The lowest BCUT2D eigenvalue weighted by Gasteiger charge is -2.18. The first kappa shape index (κ1) is 34.6. The van der Waals surface area contributed by atoms with Crippen molar-refractivity contribution in [2.24, 2.45) is 0 Å². The average Bonchev–Trinajstić information content (AvgIpc) is 3.09. The lowest BCUT2D eigenvalue weighted by atomic mass is 10.00. The Hall–Kier alpha value is -4.23. The van der Waals surface area contributed by atoms with Crippen LogP contribution in [0.2, 0.25) is 0 Å². The minimum absolute atomic E-state index is 0.223. The Morgan fingerprint density at radius 1 is 0.739 bits per heavy atom. The number of alkyl halides is 1. The molecule has 0 unspecified atom stereocenters. The summed E-state index contributed by atoms with van der Waals surface area (Å²) >= 11 is 5.81. The minimum Gasteiger partial charge on any atom is -0.493 e. The van der Waals surface area contributed by atoms with E-state index in [1.165, 1.54) is 19.2 Å². The van der Waals surface area contributed by atoms with Crippen LogP contribution in [-0.4, -0.2) is 38.8 Å². The Labute approximate surface area is 276 Å². The number of esters is 1. The van der Waals surface area contributed by atoms with Gasteiger partial charge in [0.15, 0.2) is 0 Å². The fourth-order valence-corrected chi connectivity index (χ4v) is 5.11. The van der Waals surface area contributed by atoms with Crippen LogP contribution >= 0.6 is 11.6 Å². The van der Waals surface area contributed by atoms with Gasteiger partial charge in [-0.3, -0.25) is 4.79 Å². The lowest BCUT2D eigenvalue weighted by Crippen LogP contribution is -2.10. The van der Waals surface area contributed by atoms with Gasteiger partial charge in [0, 0.05) is 35.9 Å². The van der Waals surface area contributed by atoms with E-state index in [0.29, 0.717) is 62.4 Å². The Morgan fingerprint density at radius 3 is 2.07 bits per heavy atom. The molecule has 8 heteroatoms. The van der Waals surface area contributed by atoms with Gasteiger partial charge < -0.3 is 23.7 Å². The van der Waals surface area contributed by atoms with Crippen LogP contribution in [0.1, 0.15) is 49.3 Å². The van der Waals surface area contributed by atoms with Crippen molar-refractivity contribution in [3.63, 3.8) is 0 Å². The molecular weight excluding hydrogens is 607 g/mol. The van der Waals surface area contributed by atoms with Crippen molar-refractivity contribution in [2.75, 3.05) is 32.8 Å². The molecule has 4 aromatic carbocycles. The monoisotopic (exact) mass is 648 g/mol. The van der Waals surface area contributed by atoms with E-state index in [9.17, 15) is 9.18 Å². The zero-order valence-corrected chi connectivity index (χ0v) is 27.3. The van der Waals surface area contributed by atoms with Crippen molar-refractivity contribution in [1.29, 1.82) is 0 Å². The first-order valence-corrected chi connectivity index (χ1v) is 16.3. The van der Waals surface area contributed by atoms with Crippen LogP contribution in [0.4, 0.5) is 4.39 Å². The highest BCUT2D eigenvalue weighted by molar-refractivity contribution is 6.17. The third kappa shape index (κ3) is 10.4. The summed E-state index contributed by atoms with van der Waals surface area (Å²) in [5.41, 5.74) is 4.66. The molecular formula is C38H42ClFO6. The van der Waals surface area contributed by atoms with Gasteiger partial charge in [-0.25, -0.2) is 4.39 Å². The van der Waals surface area contributed by atoms with Crippen molar-refractivity contribution < 1.29 is 32.9 Å². The number of carbonyl (C=O) groups is 1. The molecule has 0 heterocycles. The van der Waals surface area contributed by atoms with E-state index in [-0.39, 0.29) is 18.2 Å². The number of rotatable bonds is 19. The van der Waals surface area contributed by atoms with Crippen molar-refractivity contribution in [3.05, 3.63) is 107 Å². The Kier molecular flexibility index (Phi) is 14.1. The zero-order chi connectivity index (χ0) is 32.6. The van der Waals surface area contributed by atoms with Gasteiger partial charge in [0.25, 0.3) is 0 Å². The maximum atomic E-state index is 13.7. The van der Waals surface area contributed by atoms with Crippen LogP contribution in [0.25, 0.3) is 11.1 Å². The van der Waals surface area contributed by atoms with E-state index in [1.54, 1.807) is 12.1 Å². The highest BCUT2D eigenvalue weighted by Crippen LogP contribution is 2.37. The smallest absolute Gasteiger partial charge is 0.305 e. The highest BCUT2D eigenvalue weighted by Gasteiger charge is 2.16. The molecule has 0 bridgehead atoms. The molecule has 46 heavy (non-hydrogen) atoms. The predicted molar refractivity (Wildman–Crippen MR) is 180 cm³/mol. The maximum absolute atomic E-state index is 13.7. The fourth-order valence-electron chi connectivity index (χ4n) is 4.92. The van der Waals surface area contributed by atoms with Gasteiger partial charge in [0.05, 0.1) is 26.9 Å². The molecule has 6 nitrogen and oxygen atoms in total. The number of unbranched alkanes of at least 4 members (excludes halogenated alkanes) is 1. The second-order valence-electron chi connectivity index (χ2n) is 10.7. The molecule has 0 amide bonds. The first-order chi connectivity index (χ1) is 22.5. The van der Waals surface area contributed by atoms with Crippen molar-refractivity contribution in [3.8, 4) is 34.1 Å². The molecule has 4 rings (SSSR count). The standard InChI is InChI=1S/C38H42ClFO6/c1-3-29-25-33(30-15-17-31(40)18-16-30)37(46-27-28-11-5-4-6-12-28)26-36(29)45-24-10-23-44-35-14-9-13-34(43-22-8-7-21-39)32(35)19-20-38(41)42-2/h4-6,9,11-18,25-26H,3,7-8,10,19-24,27H2,1-2H3. The molecule has 4 aromatic rings. The topological polar surface area (TPSA) is 63.2 Å². The molecule has 0 aliphatic carbocycles. The van der Waals surface area contributed by atoms with Crippen molar-refractivity contribution in [1.82, 2.24) is 0 Å². The van der Waals surface area contributed by atoms with E-state index in [4.69, 9.17) is 35.3 Å². The first-order valence-electron chi connectivity index (χ1n) is 15.7. The molecule has 0 aliphatic heterocycles. The summed E-state index contributed by atoms with van der Waals surface area (Å²) in [6, 6.07) is 26.0. The quantitative estimate of drug-likeness (QED) is 0.0575. The summed E-state index contributed by atoms with van der Waals surface area (Å²) in [6.07, 6.45) is 3.74. The van der Waals surface area contributed by atoms with E-state index in [2.05, 4.69) is 13.0 Å². The second-order valence-corrected chi connectivity index (χ2v) is 11.1. The summed E-state index contributed by atoms with van der Waals surface area (Å²) in [4.78, 5) is 11.9.